The monoisotopic (exact) mass is 141 g/mol. The number of hydrogen-bond donors (Lipinski definition) is 1. The van der Waals surface area contributed by atoms with Crippen molar-refractivity contribution in [3.8, 4) is 0 Å². The largest absolute Gasteiger partial charge is 0.377 e. The van der Waals surface area contributed by atoms with Crippen LogP contribution < -0.4 is 5.73 Å². The number of rotatable bonds is 3. The highest BCUT2D eigenvalue weighted by atomic mass is 16.5. The highest BCUT2D eigenvalue weighted by Crippen LogP contribution is 2.12. The van der Waals surface area contributed by atoms with E-state index in [1.165, 1.54) is 12.0 Å². The minimum absolute atomic E-state index is 0.804. The Kier molecular flexibility index (Phi) is 3.47. The van der Waals surface area contributed by atoms with Crippen molar-refractivity contribution in [3.05, 3.63) is 11.6 Å². The normalized spacial score (nSPS) is 18.7. The van der Waals surface area contributed by atoms with Gasteiger partial charge in [0.2, 0.25) is 0 Å². The van der Waals surface area contributed by atoms with Crippen molar-refractivity contribution in [1.29, 1.82) is 0 Å². The van der Waals surface area contributed by atoms with Crippen molar-refractivity contribution in [2.45, 2.75) is 19.3 Å². The first kappa shape index (κ1) is 7.76. The molecule has 0 unspecified atom stereocenters. The molecular weight excluding hydrogens is 126 g/mol. The van der Waals surface area contributed by atoms with E-state index < -0.39 is 0 Å². The molecule has 1 aliphatic rings. The predicted molar refractivity (Wildman–Crippen MR) is 41.8 cm³/mol. The molecule has 1 heterocycles. The maximum Gasteiger partial charge on any atom is 0.0650 e. The molecular formula is C8H15NO. The van der Waals surface area contributed by atoms with Crippen molar-refractivity contribution < 1.29 is 4.74 Å². The van der Waals surface area contributed by atoms with Gasteiger partial charge in [-0.1, -0.05) is 11.6 Å². The van der Waals surface area contributed by atoms with Gasteiger partial charge in [0.15, 0.2) is 0 Å². The molecule has 2 nitrogen and oxygen atoms in total. The van der Waals surface area contributed by atoms with E-state index in [1.807, 2.05) is 0 Å². The molecule has 0 saturated heterocycles. The van der Waals surface area contributed by atoms with Crippen molar-refractivity contribution in [2.75, 3.05) is 19.8 Å². The van der Waals surface area contributed by atoms with Gasteiger partial charge in [0.1, 0.15) is 0 Å². The van der Waals surface area contributed by atoms with Crippen LogP contribution in [0.5, 0.6) is 0 Å². The van der Waals surface area contributed by atoms with Crippen LogP contribution in [0.15, 0.2) is 11.6 Å². The molecule has 0 aromatic heterocycles. The fourth-order valence-corrected chi connectivity index (χ4v) is 1.12. The van der Waals surface area contributed by atoms with Crippen LogP contribution in [0.2, 0.25) is 0 Å². The van der Waals surface area contributed by atoms with E-state index in [0.29, 0.717) is 0 Å². The molecule has 0 aromatic carbocycles. The molecule has 0 radical (unpaired) electrons. The third-order valence-electron chi connectivity index (χ3n) is 1.76. The van der Waals surface area contributed by atoms with E-state index in [-0.39, 0.29) is 0 Å². The van der Waals surface area contributed by atoms with E-state index in [4.69, 9.17) is 10.5 Å². The second-order valence-corrected chi connectivity index (χ2v) is 2.58. The van der Waals surface area contributed by atoms with Crippen LogP contribution in [0.3, 0.4) is 0 Å². The topological polar surface area (TPSA) is 35.2 Å². The number of hydrogen-bond acceptors (Lipinski definition) is 2. The molecule has 0 amide bonds. The highest BCUT2D eigenvalue weighted by molar-refractivity contribution is 5.04. The Morgan fingerprint density at radius 2 is 2.50 bits per heavy atom. The summed E-state index contributed by atoms with van der Waals surface area (Å²) < 4.78 is 5.17. The molecule has 58 valence electrons. The van der Waals surface area contributed by atoms with Crippen LogP contribution in [-0.4, -0.2) is 19.8 Å². The molecule has 1 rings (SSSR count). The van der Waals surface area contributed by atoms with Crippen molar-refractivity contribution in [1.82, 2.24) is 0 Å². The second kappa shape index (κ2) is 4.47. The van der Waals surface area contributed by atoms with Crippen LogP contribution in [-0.2, 0) is 4.74 Å². The summed E-state index contributed by atoms with van der Waals surface area (Å²) in [4.78, 5) is 0. The standard InChI is InChI=1S/C8H15NO/c9-5-1-2-8-3-6-10-7-4-8/h3H,1-2,4-7,9H2. The summed E-state index contributed by atoms with van der Waals surface area (Å²) in [6.45, 7) is 2.51. The number of nitrogens with two attached hydrogens (primary N) is 1. The average molecular weight is 141 g/mol. The third kappa shape index (κ3) is 2.50. The summed E-state index contributed by atoms with van der Waals surface area (Å²) >= 11 is 0. The van der Waals surface area contributed by atoms with Gasteiger partial charge >= 0.3 is 0 Å². The molecule has 0 saturated carbocycles. The van der Waals surface area contributed by atoms with Crippen LogP contribution >= 0.6 is 0 Å². The zero-order chi connectivity index (χ0) is 7.23. The molecule has 1 aliphatic heterocycles. The first-order chi connectivity index (χ1) is 4.93. The van der Waals surface area contributed by atoms with Gasteiger partial charge < -0.3 is 10.5 Å². The Morgan fingerprint density at radius 1 is 1.60 bits per heavy atom. The minimum atomic E-state index is 0.804. The smallest absolute Gasteiger partial charge is 0.0650 e. The van der Waals surface area contributed by atoms with Gasteiger partial charge in [0.05, 0.1) is 13.2 Å². The van der Waals surface area contributed by atoms with E-state index >= 15 is 0 Å². The SMILES string of the molecule is NCCCC1=CCOCC1. The van der Waals surface area contributed by atoms with Gasteiger partial charge in [-0.25, -0.2) is 0 Å². The Labute approximate surface area is 62.1 Å². The lowest BCUT2D eigenvalue weighted by Crippen LogP contribution is -2.06. The molecule has 0 bridgehead atoms. The highest BCUT2D eigenvalue weighted by Gasteiger charge is 2.01. The van der Waals surface area contributed by atoms with Gasteiger partial charge in [-0.05, 0) is 25.8 Å². The fourth-order valence-electron chi connectivity index (χ4n) is 1.12. The molecule has 0 atom stereocenters. The first-order valence-corrected chi connectivity index (χ1v) is 3.89. The lowest BCUT2D eigenvalue weighted by Gasteiger charge is -2.12. The molecule has 10 heavy (non-hydrogen) atoms. The average Bonchev–Trinajstić information content (AvgIpc) is 2.03. The van der Waals surface area contributed by atoms with Gasteiger partial charge in [-0.3, -0.25) is 0 Å². The molecule has 2 heteroatoms. The summed E-state index contributed by atoms with van der Waals surface area (Å²) in [5.41, 5.74) is 6.91. The second-order valence-electron chi connectivity index (χ2n) is 2.58. The lowest BCUT2D eigenvalue weighted by molar-refractivity contribution is 0.153. The van der Waals surface area contributed by atoms with Crippen LogP contribution in [0.1, 0.15) is 19.3 Å². The summed E-state index contributed by atoms with van der Waals surface area (Å²) in [6.07, 6.45) is 5.57. The van der Waals surface area contributed by atoms with Crippen molar-refractivity contribution in [3.63, 3.8) is 0 Å². The first-order valence-electron chi connectivity index (χ1n) is 3.89. The fraction of sp³-hybridized carbons (Fsp3) is 0.750. The maximum absolute atomic E-state index is 5.39. The third-order valence-corrected chi connectivity index (χ3v) is 1.76. The predicted octanol–water partition coefficient (Wildman–Crippen LogP) is 1.07. The summed E-state index contributed by atoms with van der Waals surface area (Å²) in [5.74, 6) is 0. The van der Waals surface area contributed by atoms with Crippen molar-refractivity contribution >= 4 is 0 Å². The van der Waals surface area contributed by atoms with E-state index in [1.54, 1.807) is 0 Å². The van der Waals surface area contributed by atoms with E-state index in [9.17, 15) is 0 Å². The van der Waals surface area contributed by atoms with E-state index in [0.717, 1.165) is 32.6 Å². The summed E-state index contributed by atoms with van der Waals surface area (Å²) in [7, 11) is 0. The Bertz CT molecular complexity index is 120. The van der Waals surface area contributed by atoms with Crippen molar-refractivity contribution in [2.24, 2.45) is 5.73 Å². The molecule has 0 aliphatic carbocycles. The van der Waals surface area contributed by atoms with Crippen LogP contribution in [0.4, 0.5) is 0 Å². The molecule has 0 fully saturated rings. The maximum atomic E-state index is 5.39. The Hall–Kier alpha value is -0.340. The Morgan fingerprint density at radius 3 is 3.10 bits per heavy atom. The van der Waals surface area contributed by atoms with Gasteiger partial charge in [0.25, 0.3) is 0 Å². The zero-order valence-corrected chi connectivity index (χ0v) is 6.31. The Balaban J connectivity index is 2.18. The van der Waals surface area contributed by atoms with Gasteiger partial charge in [-0.2, -0.15) is 0 Å². The quantitative estimate of drug-likeness (QED) is 0.597. The molecule has 2 N–H and O–H groups in total. The van der Waals surface area contributed by atoms with Gasteiger partial charge in [-0.15, -0.1) is 0 Å². The van der Waals surface area contributed by atoms with Crippen LogP contribution in [0.25, 0.3) is 0 Å². The zero-order valence-electron chi connectivity index (χ0n) is 6.31. The summed E-state index contributed by atoms with van der Waals surface area (Å²) in [6, 6.07) is 0. The van der Waals surface area contributed by atoms with E-state index in [2.05, 4.69) is 6.08 Å². The minimum Gasteiger partial charge on any atom is -0.377 e. The number of ether oxygens (including phenoxy) is 1. The molecule has 0 spiro atoms. The summed E-state index contributed by atoms with van der Waals surface area (Å²) in [5, 5.41) is 0. The molecule has 0 aromatic rings. The lowest BCUT2D eigenvalue weighted by atomic mass is 10.1. The van der Waals surface area contributed by atoms with Crippen LogP contribution in [0, 0.1) is 0 Å². The van der Waals surface area contributed by atoms with Gasteiger partial charge in [0, 0.05) is 0 Å².